The van der Waals surface area contributed by atoms with Crippen LogP contribution in [0, 0.1) is 19.7 Å². The van der Waals surface area contributed by atoms with Crippen LogP contribution in [0.5, 0.6) is 0 Å². The molecule has 5 nitrogen and oxygen atoms in total. The number of sulfonamides is 1. The Bertz CT molecular complexity index is 777. The van der Waals surface area contributed by atoms with Crippen LogP contribution in [0.4, 0.5) is 10.1 Å². The maximum Gasteiger partial charge on any atom is 0.306 e. The number of H-pyrrole nitrogens is 1. The Morgan fingerprint density at radius 1 is 1.32 bits per heavy atom. The lowest BCUT2D eigenvalue weighted by molar-refractivity contribution is 0.602. The van der Waals surface area contributed by atoms with Crippen LogP contribution < -0.4 is 9.60 Å². The maximum atomic E-state index is 13.1. The molecule has 0 saturated heterocycles. The number of aromatic amines is 1. The van der Waals surface area contributed by atoms with Crippen molar-refractivity contribution in [1.29, 1.82) is 0 Å². The van der Waals surface area contributed by atoms with E-state index in [1.807, 2.05) is 0 Å². The summed E-state index contributed by atoms with van der Waals surface area (Å²) in [6.07, 6.45) is 0. The van der Waals surface area contributed by atoms with Gasteiger partial charge >= 0.3 is 4.87 Å². The molecule has 2 rings (SSSR count). The third-order valence-electron chi connectivity index (χ3n) is 2.47. The van der Waals surface area contributed by atoms with Crippen molar-refractivity contribution in [1.82, 2.24) is 4.98 Å². The van der Waals surface area contributed by atoms with Crippen molar-refractivity contribution in [2.45, 2.75) is 18.1 Å². The summed E-state index contributed by atoms with van der Waals surface area (Å²) in [7, 11) is -3.89. The van der Waals surface area contributed by atoms with Crippen LogP contribution in [0.15, 0.2) is 27.2 Å². The molecular weight excluding hydrogens is 291 g/mol. The lowest BCUT2D eigenvalue weighted by Gasteiger charge is -2.09. The van der Waals surface area contributed by atoms with Gasteiger partial charge in [-0.3, -0.25) is 9.52 Å². The predicted octanol–water partition coefficient (Wildman–Crippen LogP) is 1.99. The first-order valence-electron chi connectivity index (χ1n) is 5.28. The van der Waals surface area contributed by atoms with Gasteiger partial charge in [0, 0.05) is 5.69 Å². The summed E-state index contributed by atoms with van der Waals surface area (Å²) in [6.45, 7) is 3.15. The molecule has 0 unspecified atom stereocenters. The summed E-state index contributed by atoms with van der Waals surface area (Å²) in [6, 6.07) is 3.81. The molecule has 0 saturated carbocycles. The van der Waals surface area contributed by atoms with Crippen molar-refractivity contribution in [3.05, 3.63) is 44.9 Å². The summed E-state index contributed by atoms with van der Waals surface area (Å²) in [5.41, 5.74) is 1.00. The summed E-state index contributed by atoms with van der Waals surface area (Å²) in [5, 5.41) is 0. The van der Waals surface area contributed by atoms with Gasteiger partial charge in [-0.2, -0.15) is 0 Å². The fraction of sp³-hybridized carbons (Fsp3) is 0.182. The van der Waals surface area contributed by atoms with Crippen molar-refractivity contribution in [2.75, 3.05) is 4.72 Å². The molecule has 1 aromatic carbocycles. The summed E-state index contributed by atoms with van der Waals surface area (Å²) >= 11 is 0.595. The van der Waals surface area contributed by atoms with E-state index >= 15 is 0 Å². The zero-order valence-electron chi connectivity index (χ0n) is 10.2. The van der Waals surface area contributed by atoms with Crippen molar-refractivity contribution in [3.8, 4) is 0 Å². The van der Waals surface area contributed by atoms with E-state index in [9.17, 15) is 17.6 Å². The first-order valence-corrected chi connectivity index (χ1v) is 7.58. The predicted molar refractivity (Wildman–Crippen MR) is 71.6 cm³/mol. The molecular formula is C11H11FN2O3S2. The quantitative estimate of drug-likeness (QED) is 0.910. The summed E-state index contributed by atoms with van der Waals surface area (Å²) in [4.78, 5) is 13.1. The molecule has 8 heteroatoms. The molecule has 0 fully saturated rings. The highest BCUT2D eigenvalue weighted by Crippen LogP contribution is 2.23. The van der Waals surface area contributed by atoms with Crippen molar-refractivity contribution in [3.63, 3.8) is 0 Å². The van der Waals surface area contributed by atoms with Crippen molar-refractivity contribution >= 4 is 27.0 Å². The average molecular weight is 302 g/mol. The Hall–Kier alpha value is -1.67. The smallest absolute Gasteiger partial charge is 0.306 e. The van der Waals surface area contributed by atoms with Crippen LogP contribution in [0.3, 0.4) is 0 Å². The Labute approximate surface area is 113 Å². The minimum atomic E-state index is -3.89. The van der Waals surface area contributed by atoms with Crippen molar-refractivity contribution in [2.24, 2.45) is 0 Å². The Kier molecular flexibility index (Phi) is 3.46. The molecule has 2 aromatic rings. The van der Waals surface area contributed by atoms with Gasteiger partial charge in [-0.05, 0) is 31.5 Å². The Morgan fingerprint density at radius 3 is 2.58 bits per heavy atom. The van der Waals surface area contributed by atoms with E-state index < -0.39 is 20.7 Å². The molecule has 0 amide bonds. The fourth-order valence-electron chi connectivity index (χ4n) is 1.54. The highest BCUT2D eigenvalue weighted by Gasteiger charge is 2.21. The largest absolute Gasteiger partial charge is 0.315 e. The van der Waals surface area contributed by atoms with Gasteiger partial charge in [0.2, 0.25) is 0 Å². The highest BCUT2D eigenvalue weighted by atomic mass is 32.2. The van der Waals surface area contributed by atoms with Gasteiger partial charge in [0.1, 0.15) is 5.82 Å². The molecule has 0 aliphatic carbocycles. The van der Waals surface area contributed by atoms with Crippen LogP contribution in [-0.4, -0.2) is 13.4 Å². The first kappa shape index (κ1) is 13.8. The zero-order chi connectivity index (χ0) is 14.2. The second kappa shape index (κ2) is 4.78. The molecule has 19 heavy (non-hydrogen) atoms. The van der Waals surface area contributed by atoms with E-state index in [-0.39, 0.29) is 15.6 Å². The number of halogens is 1. The molecule has 1 heterocycles. The molecule has 0 spiro atoms. The molecule has 1 aromatic heterocycles. The van der Waals surface area contributed by atoms with Crippen molar-refractivity contribution < 1.29 is 12.8 Å². The topological polar surface area (TPSA) is 79.0 Å². The molecule has 102 valence electrons. The van der Waals surface area contributed by atoms with Crippen LogP contribution in [0.1, 0.15) is 11.3 Å². The van der Waals surface area contributed by atoms with Gasteiger partial charge < -0.3 is 4.98 Å². The summed E-state index contributed by atoms with van der Waals surface area (Å²) in [5.74, 6) is -0.540. The van der Waals surface area contributed by atoms with E-state index in [0.29, 0.717) is 16.9 Å². The number of aromatic nitrogens is 1. The van der Waals surface area contributed by atoms with Gasteiger partial charge in [0.25, 0.3) is 10.0 Å². The fourth-order valence-corrected chi connectivity index (χ4v) is 3.97. The van der Waals surface area contributed by atoms with Crippen LogP contribution in [-0.2, 0) is 10.0 Å². The lowest BCUT2D eigenvalue weighted by Crippen LogP contribution is -2.13. The van der Waals surface area contributed by atoms with Crippen LogP contribution in [0.2, 0.25) is 0 Å². The maximum absolute atomic E-state index is 13.1. The molecule has 0 aliphatic heterocycles. The minimum absolute atomic E-state index is 0.0961. The van der Waals surface area contributed by atoms with Crippen LogP contribution in [0.25, 0.3) is 0 Å². The third kappa shape index (κ3) is 2.85. The van der Waals surface area contributed by atoms with E-state index in [0.717, 1.165) is 6.07 Å². The average Bonchev–Trinajstić information content (AvgIpc) is 2.63. The lowest BCUT2D eigenvalue weighted by atomic mass is 10.2. The monoisotopic (exact) mass is 302 g/mol. The second-order valence-corrected chi connectivity index (χ2v) is 6.85. The number of hydrogen-bond acceptors (Lipinski definition) is 4. The minimum Gasteiger partial charge on any atom is -0.315 e. The van der Waals surface area contributed by atoms with E-state index in [2.05, 4.69) is 9.71 Å². The number of rotatable bonds is 3. The Morgan fingerprint density at radius 2 is 2.00 bits per heavy atom. The SMILES string of the molecule is Cc1ccc(F)cc1NS(=O)(=O)c1sc(=O)[nH]c1C. The molecule has 0 radical (unpaired) electrons. The normalized spacial score (nSPS) is 11.5. The molecule has 0 bridgehead atoms. The van der Waals surface area contributed by atoms with Gasteiger partial charge in [0.05, 0.1) is 5.69 Å². The van der Waals surface area contributed by atoms with E-state index in [1.165, 1.54) is 19.1 Å². The Balaban J connectivity index is 2.45. The number of benzene rings is 1. The summed E-state index contributed by atoms with van der Waals surface area (Å²) < 4.78 is 39.5. The molecule has 0 atom stereocenters. The van der Waals surface area contributed by atoms with Gasteiger partial charge in [0.15, 0.2) is 4.21 Å². The number of thiazole rings is 1. The first-order chi connectivity index (χ1) is 8.79. The number of anilines is 1. The van der Waals surface area contributed by atoms with E-state index in [4.69, 9.17) is 0 Å². The third-order valence-corrected chi connectivity index (χ3v) is 5.44. The number of hydrogen-bond donors (Lipinski definition) is 2. The van der Waals surface area contributed by atoms with E-state index in [1.54, 1.807) is 6.92 Å². The van der Waals surface area contributed by atoms with Crippen LogP contribution >= 0.6 is 11.3 Å². The second-order valence-electron chi connectivity index (χ2n) is 3.99. The molecule has 0 aliphatic rings. The highest BCUT2D eigenvalue weighted by molar-refractivity contribution is 7.94. The number of nitrogens with one attached hydrogen (secondary N) is 2. The van der Waals surface area contributed by atoms with Gasteiger partial charge in [-0.15, -0.1) is 0 Å². The van der Waals surface area contributed by atoms with Gasteiger partial charge in [-0.1, -0.05) is 17.4 Å². The standard InChI is InChI=1S/C11H11FN2O3S2/c1-6-3-4-8(12)5-9(6)14-19(16,17)10-7(2)13-11(15)18-10/h3-5,14H,1-2H3,(H,13,15). The van der Waals surface area contributed by atoms with Gasteiger partial charge in [-0.25, -0.2) is 12.8 Å². The zero-order valence-corrected chi connectivity index (χ0v) is 11.8. The molecule has 2 N–H and O–H groups in total. The number of aryl methyl sites for hydroxylation is 2.